The summed E-state index contributed by atoms with van der Waals surface area (Å²) in [4.78, 5) is 4.89. The Morgan fingerprint density at radius 2 is 0.571 bits per heavy atom. The Labute approximate surface area is 763 Å². The number of rotatable bonds is 9. The highest BCUT2D eigenvalue weighted by atomic mass is 32.1. The molecule has 0 saturated carbocycles. The Morgan fingerprint density at radius 1 is 0.230 bits per heavy atom. The minimum atomic E-state index is 0.0810. The molecule has 18 aromatic rings. The SMILES string of the molecule is CC(C)(C)c1c(-c2ccccc2)cccc1-c1ccccc1.CC(C)(C)c1cc(-c2ccccc2)cc(-c2ccccc2)c1.CC(C)(C)c1cc(-c2ccccc2)nc(-c2ccccc2)c1.CC(C)(C)c1ccccc1-c1ccccc1.CC(C)c1ccc2c(c1)sc1ccccc12.CC(C)c1cccc2c1sc1ccccc12.Cc1cccc(C)c1C(C)(C)C. The third-order valence-corrected chi connectivity index (χ3v) is 25.4. The van der Waals surface area contributed by atoms with E-state index in [-0.39, 0.29) is 27.1 Å². The van der Waals surface area contributed by atoms with Crippen molar-refractivity contribution in [1.82, 2.24) is 4.98 Å². The predicted octanol–water partition coefficient (Wildman–Crippen LogP) is 37.0. The molecule has 126 heavy (non-hydrogen) atoms. The van der Waals surface area contributed by atoms with E-state index in [1.165, 1.54) is 146 Å². The van der Waals surface area contributed by atoms with Crippen LogP contribution >= 0.6 is 22.7 Å². The van der Waals surface area contributed by atoms with E-state index >= 15 is 0 Å². The molecule has 3 aromatic heterocycles. The Kier molecular flexibility index (Phi) is 30.9. The number of pyridine rings is 1. The number of hydrogen-bond acceptors (Lipinski definition) is 3. The summed E-state index contributed by atoms with van der Waals surface area (Å²) in [5, 5.41) is 5.58. The molecule has 0 spiro atoms. The van der Waals surface area contributed by atoms with E-state index in [0.29, 0.717) is 11.8 Å². The smallest absolute Gasteiger partial charge is 0.0712 e. The van der Waals surface area contributed by atoms with Gasteiger partial charge < -0.3 is 0 Å². The normalized spacial score (nSPS) is 11.5. The molecule has 1 nitrogen and oxygen atoms in total. The molecule has 18 rings (SSSR count). The molecule has 0 fully saturated rings. The van der Waals surface area contributed by atoms with Gasteiger partial charge in [-0.1, -0.05) is 483 Å². The van der Waals surface area contributed by atoms with Crippen molar-refractivity contribution >= 4 is 63.0 Å². The van der Waals surface area contributed by atoms with Gasteiger partial charge in [0.1, 0.15) is 0 Å². The standard InChI is InChI=1S/2C22H22.C21H21N.C16H18.2C15H14S.C12H18/c1-22(2,3)21-19(17-11-6-4-7-12-17)15-10-16-20(21)18-13-8-5-9-14-18;1-22(2,3)21-15-19(17-10-6-4-7-11-17)14-20(16-21)18-12-8-5-9-13-18;1-21(2,3)18-14-19(16-10-6-4-7-11-16)22-20(15-18)17-12-8-5-9-13-17;1-16(2,3)15-12-8-7-11-14(15)13-9-5-4-6-10-13;1-10(2)11-7-5-8-13-12-6-3-4-9-14(12)16-15(11)13;1-10(2)11-7-8-13-12-5-3-4-6-14(12)16-15(13)9-11;1-9-7-6-8-10(2)11(9)12(3,4)5/h2*4-16H,1-3H3;4-15H,1-3H3;4-12H,1-3H3;2*3-10H,1-2H3;6-8H,1-5H3. The third-order valence-electron chi connectivity index (χ3n) is 23.0. The van der Waals surface area contributed by atoms with Gasteiger partial charge in [0.15, 0.2) is 0 Å². The summed E-state index contributed by atoms with van der Waals surface area (Å²) in [7, 11) is 0. The Bertz CT molecular complexity index is 6170. The number of aromatic nitrogens is 1. The Hall–Kier alpha value is -12.1. The average molecular weight is 1690 g/mol. The molecule has 3 heterocycles. The van der Waals surface area contributed by atoms with Crippen LogP contribution in [-0.4, -0.2) is 4.98 Å². The van der Waals surface area contributed by atoms with Crippen molar-refractivity contribution in [3.8, 4) is 78.1 Å². The lowest BCUT2D eigenvalue weighted by Gasteiger charge is -2.27. The van der Waals surface area contributed by atoms with Crippen LogP contribution in [-0.2, 0) is 27.1 Å². The van der Waals surface area contributed by atoms with Crippen molar-refractivity contribution in [1.29, 1.82) is 0 Å². The van der Waals surface area contributed by atoms with Gasteiger partial charge in [0, 0.05) is 51.5 Å². The minimum Gasteiger partial charge on any atom is -0.248 e. The number of benzene rings is 15. The molecular formula is C123H129NS2. The molecule has 0 N–H and O–H groups in total. The van der Waals surface area contributed by atoms with Gasteiger partial charge in [-0.2, -0.15) is 0 Å². The first kappa shape index (κ1) is 93.1. The summed E-state index contributed by atoms with van der Waals surface area (Å²) < 4.78 is 5.65. The molecule has 0 bridgehead atoms. The van der Waals surface area contributed by atoms with Crippen molar-refractivity contribution in [3.05, 3.63) is 438 Å². The van der Waals surface area contributed by atoms with Crippen molar-refractivity contribution < 1.29 is 0 Å². The lowest BCUT2D eigenvalue weighted by atomic mass is 9.77. The van der Waals surface area contributed by atoms with Gasteiger partial charge in [-0.05, 0) is 195 Å². The van der Waals surface area contributed by atoms with Crippen LogP contribution in [0.15, 0.2) is 388 Å². The van der Waals surface area contributed by atoms with Gasteiger partial charge in [0.2, 0.25) is 0 Å². The number of hydrogen-bond donors (Lipinski definition) is 0. The molecule has 638 valence electrons. The highest BCUT2D eigenvalue weighted by Gasteiger charge is 2.25. The molecule has 0 unspecified atom stereocenters. The zero-order chi connectivity index (χ0) is 89.9. The fourth-order valence-corrected chi connectivity index (χ4v) is 19.1. The molecule has 0 aliphatic heterocycles. The van der Waals surface area contributed by atoms with Crippen molar-refractivity contribution in [2.75, 3.05) is 0 Å². The minimum absolute atomic E-state index is 0.0810. The van der Waals surface area contributed by atoms with Crippen LogP contribution in [0.1, 0.15) is 193 Å². The lowest BCUT2D eigenvalue weighted by Crippen LogP contribution is -2.14. The van der Waals surface area contributed by atoms with Crippen molar-refractivity contribution in [2.24, 2.45) is 0 Å². The first-order chi connectivity index (χ1) is 60.2. The fourth-order valence-electron chi connectivity index (χ4n) is 16.5. The molecule has 0 aliphatic carbocycles. The monoisotopic (exact) mass is 1680 g/mol. The maximum Gasteiger partial charge on any atom is 0.0712 e. The number of thiophene rings is 2. The van der Waals surface area contributed by atoms with Crippen molar-refractivity contribution in [3.63, 3.8) is 0 Å². The quantitative estimate of drug-likeness (QED) is 0.140. The summed E-state index contributed by atoms with van der Waals surface area (Å²) in [6.07, 6.45) is 0. The molecule has 0 amide bonds. The molecular weight excluding hydrogens is 1560 g/mol. The van der Waals surface area contributed by atoms with E-state index in [4.69, 9.17) is 4.98 Å². The molecule has 0 atom stereocenters. The van der Waals surface area contributed by atoms with Crippen LogP contribution in [0.25, 0.3) is 118 Å². The number of nitrogens with zero attached hydrogens (tertiary/aromatic N) is 1. The topological polar surface area (TPSA) is 12.9 Å². The maximum atomic E-state index is 4.89. The van der Waals surface area contributed by atoms with E-state index in [1.54, 1.807) is 0 Å². The fraction of sp³-hybridized carbons (Fsp3) is 0.228. The zero-order valence-corrected chi connectivity index (χ0v) is 80.0. The van der Waals surface area contributed by atoms with Crippen LogP contribution in [0.2, 0.25) is 0 Å². The second kappa shape index (κ2) is 41.8. The zero-order valence-electron chi connectivity index (χ0n) is 78.4. The first-order valence-electron chi connectivity index (χ1n) is 44.9. The molecule has 0 radical (unpaired) electrons. The van der Waals surface area contributed by atoms with E-state index in [2.05, 4.69) is 522 Å². The van der Waals surface area contributed by atoms with Gasteiger partial charge in [0.05, 0.1) is 11.4 Å². The highest BCUT2D eigenvalue weighted by Crippen LogP contribution is 2.44. The van der Waals surface area contributed by atoms with Crippen LogP contribution in [0, 0.1) is 13.8 Å². The van der Waals surface area contributed by atoms with Crippen molar-refractivity contribution in [2.45, 2.75) is 184 Å². The number of aryl methyl sites for hydroxylation is 2. The highest BCUT2D eigenvalue weighted by molar-refractivity contribution is 7.26. The van der Waals surface area contributed by atoms with E-state index in [1.807, 2.05) is 34.8 Å². The summed E-state index contributed by atoms with van der Waals surface area (Å²) in [5.41, 5.74) is 30.8. The van der Waals surface area contributed by atoms with E-state index in [0.717, 1.165) is 22.5 Å². The van der Waals surface area contributed by atoms with Crippen LogP contribution in [0.3, 0.4) is 0 Å². The van der Waals surface area contributed by atoms with Gasteiger partial charge in [0.25, 0.3) is 0 Å². The molecule has 0 saturated heterocycles. The van der Waals surface area contributed by atoms with E-state index in [9.17, 15) is 0 Å². The largest absolute Gasteiger partial charge is 0.248 e. The van der Waals surface area contributed by atoms with Crippen LogP contribution in [0.4, 0.5) is 0 Å². The van der Waals surface area contributed by atoms with Gasteiger partial charge in [-0.15, -0.1) is 22.7 Å². The Balaban J connectivity index is 0.000000135. The molecule has 0 aliphatic rings. The third kappa shape index (κ3) is 24.3. The van der Waals surface area contributed by atoms with Gasteiger partial charge in [-0.25, -0.2) is 4.98 Å². The van der Waals surface area contributed by atoms with E-state index < -0.39 is 0 Å². The van der Waals surface area contributed by atoms with Gasteiger partial charge >= 0.3 is 0 Å². The molecule has 3 heteroatoms. The summed E-state index contributed by atoms with van der Waals surface area (Å²) in [6, 6.07) is 138. The predicted molar refractivity (Wildman–Crippen MR) is 558 cm³/mol. The first-order valence-corrected chi connectivity index (χ1v) is 46.5. The summed E-state index contributed by atoms with van der Waals surface area (Å²) in [5.74, 6) is 1.20. The maximum absolute atomic E-state index is 4.89. The molecule has 15 aromatic carbocycles. The summed E-state index contributed by atoms with van der Waals surface area (Å²) in [6.45, 7) is 47.4. The second-order valence-electron chi connectivity index (χ2n) is 38.8. The number of fused-ring (bicyclic) bond motifs is 6. The second-order valence-corrected chi connectivity index (χ2v) is 40.9. The average Bonchev–Trinajstić information content (AvgIpc) is 0.972. The summed E-state index contributed by atoms with van der Waals surface area (Å²) >= 11 is 3.81. The van der Waals surface area contributed by atoms with Gasteiger partial charge in [-0.3, -0.25) is 0 Å². The Morgan fingerprint density at radius 3 is 0.984 bits per heavy atom. The van der Waals surface area contributed by atoms with Crippen LogP contribution < -0.4 is 0 Å². The van der Waals surface area contributed by atoms with Crippen LogP contribution in [0.5, 0.6) is 0 Å². The lowest BCUT2D eigenvalue weighted by molar-refractivity contribution is 0.582.